The fourth-order valence-electron chi connectivity index (χ4n) is 3.11. The van der Waals surface area contributed by atoms with Gasteiger partial charge in [0, 0.05) is 12.1 Å². The van der Waals surface area contributed by atoms with E-state index in [9.17, 15) is 4.79 Å². The maximum absolute atomic E-state index is 12.4. The molecule has 0 atom stereocenters. The first-order chi connectivity index (χ1) is 8.43. The molecule has 4 nitrogen and oxygen atoms in total. The molecule has 2 fully saturated rings. The molecule has 2 aliphatic rings. The molecule has 1 amide bonds. The second kappa shape index (κ2) is 6.31. The quantitative estimate of drug-likeness (QED) is 0.746. The third-order valence-corrected chi connectivity index (χ3v) is 3.99. The number of hydrogen-bond acceptors (Lipinski definition) is 3. The van der Waals surface area contributed by atoms with Crippen LogP contribution in [0.2, 0.25) is 0 Å². The van der Waals surface area contributed by atoms with Crippen molar-refractivity contribution < 1.29 is 9.53 Å². The molecule has 2 saturated heterocycles. The zero-order valence-electron chi connectivity index (χ0n) is 12.3. The van der Waals surface area contributed by atoms with Crippen LogP contribution in [-0.2, 0) is 4.74 Å². The summed E-state index contributed by atoms with van der Waals surface area (Å²) < 4.78 is 5.57. The van der Waals surface area contributed by atoms with Gasteiger partial charge in [-0.1, -0.05) is 0 Å². The average molecular weight is 291 g/mol. The van der Waals surface area contributed by atoms with E-state index in [4.69, 9.17) is 4.74 Å². The highest BCUT2D eigenvalue weighted by Gasteiger charge is 2.43. The molecule has 0 bridgehead atoms. The lowest BCUT2D eigenvalue weighted by atomic mass is 9.79. The van der Waals surface area contributed by atoms with Gasteiger partial charge in [0.05, 0.1) is 0 Å². The fraction of sp³-hybridized carbons (Fsp3) is 0.929. The van der Waals surface area contributed by atoms with Crippen LogP contribution in [-0.4, -0.2) is 41.8 Å². The molecule has 1 N–H and O–H groups in total. The lowest BCUT2D eigenvalue weighted by Gasteiger charge is -2.49. The van der Waals surface area contributed by atoms with Crippen LogP contribution in [0.3, 0.4) is 0 Å². The second-order valence-corrected chi connectivity index (χ2v) is 6.56. The predicted molar refractivity (Wildman–Crippen MR) is 78.9 cm³/mol. The maximum Gasteiger partial charge on any atom is 0.410 e. The molecule has 0 saturated carbocycles. The van der Waals surface area contributed by atoms with Crippen LogP contribution >= 0.6 is 12.4 Å². The van der Waals surface area contributed by atoms with Crippen molar-refractivity contribution in [2.24, 2.45) is 0 Å². The molecule has 2 aliphatic heterocycles. The molecule has 0 aromatic rings. The molecule has 0 unspecified atom stereocenters. The monoisotopic (exact) mass is 290 g/mol. The largest absolute Gasteiger partial charge is 0.444 e. The molecular weight excluding hydrogens is 264 g/mol. The first-order valence-corrected chi connectivity index (χ1v) is 7.14. The summed E-state index contributed by atoms with van der Waals surface area (Å²) in [7, 11) is 0. The second-order valence-electron chi connectivity index (χ2n) is 6.56. The summed E-state index contributed by atoms with van der Waals surface area (Å²) in [4.78, 5) is 14.4. The zero-order valence-corrected chi connectivity index (χ0v) is 13.1. The van der Waals surface area contributed by atoms with Gasteiger partial charge >= 0.3 is 6.09 Å². The Kier molecular flexibility index (Phi) is 5.51. The normalized spacial score (nSPS) is 22.8. The summed E-state index contributed by atoms with van der Waals surface area (Å²) in [5.41, 5.74) is -0.339. The summed E-state index contributed by atoms with van der Waals surface area (Å²) in [5.74, 6) is 0. The van der Waals surface area contributed by atoms with Crippen LogP contribution in [0.5, 0.6) is 0 Å². The highest BCUT2D eigenvalue weighted by molar-refractivity contribution is 5.85. The van der Waals surface area contributed by atoms with Gasteiger partial charge < -0.3 is 15.0 Å². The van der Waals surface area contributed by atoms with Crippen molar-refractivity contribution in [3.05, 3.63) is 0 Å². The molecule has 112 valence electrons. The van der Waals surface area contributed by atoms with Crippen molar-refractivity contribution in [3.8, 4) is 0 Å². The van der Waals surface area contributed by atoms with Crippen molar-refractivity contribution >= 4 is 18.5 Å². The highest BCUT2D eigenvalue weighted by Crippen LogP contribution is 2.36. The maximum atomic E-state index is 12.4. The summed E-state index contributed by atoms with van der Waals surface area (Å²) >= 11 is 0. The van der Waals surface area contributed by atoms with Crippen LogP contribution in [0.25, 0.3) is 0 Å². The van der Waals surface area contributed by atoms with Gasteiger partial charge in [-0.3, -0.25) is 0 Å². The van der Waals surface area contributed by atoms with Gasteiger partial charge in [0.1, 0.15) is 5.60 Å². The Bertz CT molecular complexity index is 301. The van der Waals surface area contributed by atoms with Crippen LogP contribution in [0, 0.1) is 0 Å². The third kappa shape index (κ3) is 3.99. The number of nitrogens with one attached hydrogen (secondary N) is 1. The van der Waals surface area contributed by atoms with Gasteiger partial charge in [-0.05, 0) is 66.0 Å². The van der Waals surface area contributed by atoms with E-state index >= 15 is 0 Å². The Balaban J connectivity index is 0.00000180. The SMILES string of the molecule is CC(C)(C)OC(=O)N1CCCCC12CCNCC2.Cl. The molecule has 1 spiro atoms. The molecule has 2 rings (SSSR count). The Labute approximate surface area is 122 Å². The average Bonchev–Trinajstić information content (AvgIpc) is 2.28. The number of amides is 1. The molecule has 2 heterocycles. The highest BCUT2D eigenvalue weighted by atomic mass is 35.5. The minimum atomic E-state index is -0.400. The number of carbonyl (C=O) groups excluding carboxylic acids is 1. The van der Waals surface area contributed by atoms with Crippen molar-refractivity contribution in [2.45, 2.75) is 64.0 Å². The number of halogens is 1. The van der Waals surface area contributed by atoms with E-state index < -0.39 is 5.60 Å². The lowest BCUT2D eigenvalue weighted by Crippen LogP contribution is -2.59. The van der Waals surface area contributed by atoms with E-state index in [1.54, 1.807) is 0 Å². The molecule has 0 radical (unpaired) electrons. The van der Waals surface area contributed by atoms with Gasteiger partial charge in [-0.2, -0.15) is 0 Å². The fourth-order valence-corrected chi connectivity index (χ4v) is 3.11. The third-order valence-electron chi connectivity index (χ3n) is 3.99. The molecular formula is C14H27ClN2O2. The Morgan fingerprint density at radius 3 is 2.37 bits per heavy atom. The van der Waals surface area contributed by atoms with Crippen molar-refractivity contribution in [2.75, 3.05) is 19.6 Å². The summed E-state index contributed by atoms with van der Waals surface area (Å²) in [6.45, 7) is 8.69. The molecule has 19 heavy (non-hydrogen) atoms. The molecule has 0 aliphatic carbocycles. The molecule has 0 aromatic carbocycles. The zero-order chi connectivity index (χ0) is 13.2. The minimum absolute atomic E-state index is 0. The predicted octanol–water partition coefficient (Wildman–Crippen LogP) is 2.95. The number of ether oxygens (including phenoxy) is 1. The Morgan fingerprint density at radius 1 is 1.16 bits per heavy atom. The number of piperidine rings is 2. The van der Waals surface area contributed by atoms with Gasteiger partial charge in [0.25, 0.3) is 0 Å². The first kappa shape index (κ1) is 16.6. The van der Waals surface area contributed by atoms with Gasteiger partial charge in [0.2, 0.25) is 0 Å². The summed E-state index contributed by atoms with van der Waals surface area (Å²) in [6, 6.07) is 0. The van der Waals surface area contributed by atoms with E-state index in [1.807, 2.05) is 25.7 Å². The summed E-state index contributed by atoms with van der Waals surface area (Å²) in [6.07, 6.45) is 5.48. The van der Waals surface area contributed by atoms with Crippen molar-refractivity contribution in [1.82, 2.24) is 10.2 Å². The number of nitrogens with zero attached hydrogens (tertiary/aromatic N) is 1. The standard InChI is InChI=1S/C14H26N2O2.ClH/c1-13(2,3)18-12(17)16-11-5-4-6-14(16)7-9-15-10-8-14;/h15H,4-11H2,1-3H3;1H. The first-order valence-electron chi connectivity index (χ1n) is 7.14. The topological polar surface area (TPSA) is 41.6 Å². The number of likely N-dealkylation sites (tertiary alicyclic amines) is 1. The minimum Gasteiger partial charge on any atom is -0.444 e. The summed E-state index contributed by atoms with van der Waals surface area (Å²) in [5, 5.41) is 3.39. The number of hydrogen-bond donors (Lipinski definition) is 1. The van der Waals surface area contributed by atoms with Gasteiger partial charge in [-0.25, -0.2) is 4.79 Å². The van der Waals surface area contributed by atoms with E-state index in [-0.39, 0.29) is 24.0 Å². The van der Waals surface area contributed by atoms with Crippen LogP contribution in [0.4, 0.5) is 4.79 Å². The molecule has 5 heteroatoms. The Hall–Kier alpha value is -0.480. The van der Waals surface area contributed by atoms with E-state index in [0.29, 0.717) is 0 Å². The van der Waals surface area contributed by atoms with Crippen LogP contribution in [0.1, 0.15) is 52.9 Å². The smallest absolute Gasteiger partial charge is 0.410 e. The van der Waals surface area contributed by atoms with Crippen molar-refractivity contribution in [1.29, 1.82) is 0 Å². The van der Waals surface area contributed by atoms with Crippen LogP contribution < -0.4 is 5.32 Å². The number of rotatable bonds is 0. The van der Waals surface area contributed by atoms with E-state index in [1.165, 1.54) is 6.42 Å². The molecule has 0 aromatic heterocycles. The van der Waals surface area contributed by atoms with Crippen molar-refractivity contribution in [3.63, 3.8) is 0 Å². The van der Waals surface area contributed by atoms with Crippen LogP contribution in [0.15, 0.2) is 0 Å². The lowest BCUT2D eigenvalue weighted by molar-refractivity contribution is -0.0249. The van der Waals surface area contributed by atoms with E-state index in [0.717, 1.165) is 45.3 Å². The van der Waals surface area contributed by atoms with Gasteiger partial charge in [0.15, 0.2) is 0 Å². The van der Waals surface area contributed by atoms with E-state index in [2.05, 4.69) is 5.32 Å². The Morgan fingerprint density at radius 2 is 1.79 bits per heavy atom. The number of carbonyl (C=O) groups is 1. The van der Waals surface area contributed by atoms with Gasteiger partial charge in [-0.15, -0.1) is 12.4 Å².